The van der Waals surface area contributed by atoms with E-state index in [1.54, 1.807) is 6.20 Å². The second kappa shape index (κ2) is 5.83. The lowest BCUT2D eigenvalue weighted by atomic mass is 9.52. The van der Waals surface area contributed by atoms with Gasteiger partial charge in [0.15, 0.2) is 10.8 Å². The summed E-state index contributed by atoms with van der Waals surface area (Å²) in [6, 6.07) is 0.0975. The summed E-state index contributed by atoms with van der Waals surface area (Å²) in [5.41, 5.74) is 1.18. The summed E-state index contributed by atoms with van der Waals surface area (Å²) in [6.45, 7) is 1.95. The molecule has 9 heteroatoms. The van der Waals surface area contributed by atoms with Crippen molar-refractivity contribution in [2.45, 2.75) is 24.7 Å². The standard InChI is InChI=1S/C17H19FN4O3S/c1-24-16(23)9-5-20-14(15-19-2-3-26-15)21-11(9)6-22-12-7-25-8-17(12)4-10(18)13(17)22/h2-3,10,12-13H,4-8H2,1H3,(H,20,21). The van der Waals surface area contributed by atoms with Crippen LogP contribution in [0.2, 0.25) is 0 Å². The lowest BCUT2D eigenvalue weighted by Crippen LogP contribution is -2.81. The van der Waals surface area contributed by atoms with E-state index in [9.17, 15) is 9.18 Å². The predicted octanol–water partition coefficient (Wildman–Crippen LogP) is 0.731. The van der Waals surface area contributed by atoms with Gasteiger partial charge in [-0.25, -0.2) is 14.2 Å². The summed E-state index contributed by atoms with van der Waals surface area (Å²) in [7, 11) is 1.36. The Bertz CT molecular complexity index is 811. The van der Waals surface area contributed by atoms with Crippen molar-refractivity contribution in [3.8, 4) is 0 Å². The largest absolute Gasteiger partial charge is 0.466 e. The third-order valence-corrected chi connectivity index (χ3v) is 6.79. The summed E-state index contributed by atoms with van der Waals surface area (Å²) in [6.07, 6.45) is 1.47. The van der Waals surface area contributed by atoms with E-state index < -0.39 is 12.1 Å². The molecule has 7 nitrogen and oxygen atoms in total. The lowest BCUT2D eigenvalue weighted by molar-refractivity contribution is -0.218. The molecule has 1 aromatic rings. The molecule has 26 heavy (non-hydrogen) atoms. The molecule has 1 saturated carbocycles. The first-order valence-corrected chi connectivity index (χ1v) is 9.51. The number of hydrogen-bond donors (Lipinski definition) is 1. The molecule has 4 unspecified atom stereocenters. The van der Waals surface area contributed by atoms with Gasteiger partial charge < -0.3 is 14.8 Å². The molecule has 1 aliphatic carbocycles. The van der Waals surface area contributed by atoms with Gasteiger partial charge in [0.2, 0.25) is 0 Å². The highest BCUT2D eigenvalue weighted by atomic mass is 32.1. The van der Waals surface area contributed by atoms with E-state index in [1.165, 1.54) is 18.4 Å². The lowest BCUT2D eigenvalue weighted by Gasteiger charge is -2.68. The highest BCUT2D eigenvalue weighted by Crippen LogP contribution is 2.61. The van der Waals surface area contributed by atoms with E-state index >= 15 is 0 Å². The number of hydrogen-bond acceptors (Lipinski definition) is 8. The molecule has 4 atom stereocenters. The number of alkyl halides is 1. The molecule has 138 valence electrons. The molecule has 5 rings (SSSR count). The van der Waals surface area contributed by atoms with E-state index in [-0.39, 0.29) is 24.0 Å². The number of carbonyl (C=O) groups excluding carboxylic acids is 1. The topological polar surface area (TPSA) is 76.0 Å². The number of esters is 1. The number of nitrogens with one attached hydrogen (secondary N) is 1. The van der Waals surface area contributed by atoms with Gasteiger partial charge in [0.25, 0.3) is 0 Å². The fraction of sp³-hybridized carbons (Fsp3) is 0.588. The van der Waals surface area contributed by atoms with Gasteiger partial charge in [-0.15, -0.1) is 11.3 Å². The van der Waals surface area contributed by atoms with Crippen LogP contribution in [0.25, 0.3) is 0 Å². The van der Waals surface area contributed by atoms with Gasteiger partial charge in [0.1, 0.15) is 6.17 Å². The van der Waals surface area contributed by atoms with Gasteiger partial charge in [0.05, 0.1) is 38.5 Å². The number of piperidine rings is 1. The van der Waals surface area contributed by atoms with Crippen molar-refractivity contribution in [2.75, 3.05) is 33.4 Å². The number of carbonyl (C=O) groups is 1. The molecule has 0 amide bonds. The number of ether oxygens (including phenoxy) is 2. The summed E-state index contributed by atoms with van der Waals surface area (Å²) in [5, 5.41) is 5.88. The fourth-order valence-corrected chi connectivity index (χ4v) is 5.38. The van der Waals surface area contributed by atoms with Crippen LogP contribution < -0.4 is 5.32 Å². The van der Waals surface area contributed by atoms with Crippen LogP contribution in [0, 0.1) is 5.41 Å². The Morgan fingerprint density at radius 3 is 3.23 bits per heavy atom. The molecule has 0 bridgehead atoms. The maximum absolute atomic E-state index is 14.2. The first-order chi connectivity index (χ1) is 12.6. The van der Waals surface area contributed by atoms with E-state index in [0.29, 0.717) is 37.6 Å². The number of likely N-dealkylation sites (tertiary alicyclic amines) is 1. The zero-order valence-corrected chi connectivity index (χ0v) is 15.1. The number of aliphatic imine (C=N–C) groups is 1. The number of rotatable bonds is 4. The minimum absolute atomic E-state index is 0.0215. The van der Waals surface area contributed by atoms with Crippen LogP contribution >= 0.6 is 11.3 Å². The van der Waals surface area contributed by atoms with Crippen LogP contribution in [0.3, 0.4) is 0 Å². The Kier molecular flexibility index (Phi) is 3.67. The van der Waals surface area contributed by atoms with Crippen molar-refractivity contribution < 1.29 is 18.7 Å². The van der Waals surface area contributed by atoms with E-state index in [4.69, 9.17) is 9.47 Å². The summed E-state index contributed by atoms with van der Waals surface area (Å²) in [4.78, 5) is 23.0. The van der Waals surface area contributed by atoms with Gasteiger partial charge in [-0.05, 0) is 6.42 Å². The van der Waals surface area contributed by atoms with Crippen molar-refractivity contribution in [3.63, 3.8) is 0 Å². The summed E-state index contributed by atoms with van der Waals surface area (Å²) < 4.78 is 24.8. The maximum Gasteiger partial charge on any atom is 0.337 e. The van der Waals surface area contributed by atoms with Crippen molar-refractivity contribution in [1.82, 2.24) is 15.2 Å². The highest BCUT2D eigenvalue weighted by molar-refractivity contribution is 7.11. The SMILES string of the molecule is COC(=O)C1=C(CN2C3COCC34CC(F)C24)NC(c2nccs2)=NC1. The third-order valence-electron chi connectivity index (χ3n) is 6.01. The second-order valence-corrected chi connectivity index (χ2v) is 8.07. The van der Waals surface area contributed by atoms with Crippen molar-refractivity contribution >= 4 is 23.1 Å². The molecule has 2 saturated heterocycles. The van der Waals surface area contributed by atoms with Crippen LogP contribution in [0.4, 0.5) is 4.39 Å². The zero-order valence-electron chi connectivity index (χ0n) is 14.3. The van der Waals surface area contributed by atoms with E-state index in [1.807, 2.05) is 5.38 Å². The molecule has 4 heterocycles. The Labute approximate surface area is 153 Å². The normalized spacial score (nSPS) is 35.6. The van der Waals surface area contributed by atoms with Crippen molar-refractivity contribution in [3.05, 3.63) is 27.9 Å². The Morgan fingerprint density at radius 1 is 1.62 bits per heavy atom. The quantitative estimate of drug-likeness (QED) is 0.779. The number of aromatic nitrogens is 1. The van der Waals surface area contributed by atoms with E-state index in [2.05, 4.69) is 20.2 Å². The van der Waals surface area contributed by atoms with Crippen molar-refractivity contribution in [2.24, 2.45) is 10.4 Å². The Balaban J connectivity index is 1.41. The fourth-order valence-electron chi connectivity index (χ4n) is 4.78. The molecule has 0 radical (unpaired) electrons. The second-order valence-electron chi connectivity index (χ2n) is 7.18. The van der Waals surface area contributed by atoms with E-state index in [0.717, 1.165) is 10.7 Å². The first kappa shape index (κ1) is 16.3. The monoisotopic (exact) mass is 378 g/mol. The number of amidine groups is 1. The van der Waals surface area contributed by atoms with Gasteiger partial charge in [0, 0.05) is 35.3 Å². The van der Waals surface area contributed by atoms with Gasteiger partial charge in [-0.3, -0.25) is 9.89 Å². The van der Waals surface area contributed by atoms with Crippen LogP contribution in [-0.2, 0) is 14.3 Å². The minimum atomic E-state index is -0.828. The molecular weight excluding hydrogens is 359 g/mol. The van der Waals surface area contributed by atoms with Crippen LogP contribution in [-0.4, -0.2) is 73.4 Å². The Hall–Kier alpha value is -1.84. The predicted molar refractivity (Wildman–Crippen MR) is 92.7 cm³/mol. The number of nitrogens with zero attached hydrogens (tertiary/aromatic N) is 3. The van der Waals surface area contributed by atoms with Crippen molar-refractivity contribution in [1.29, 1.82) is 0 Å². The molecule has 0 aromatic carbocycles. The molecule has 3 aliphatic heterocycles. The third kappa shape index (κ3) is 2.14. The zero-order chi connectivity index (χ0) is 17.9. The smallest absolute Gasteiger partial charge is 0.337 e. The number of thiazole rings is 1. The summed E-state index contributed by atoms with van der Waals surface area (Å²) in [5.74, 6) is 0.233. The highest BCUT2D eigenvalue weighted by Gasteiger charge is 2.73. The average Bonchev–Trinajstić information content (AvgIpc) is 3.29. The van der Waals surface area contributed by atoms with Crippen LogP contribution in [0.15, 0.2) is 27.8 Å². The maximum atomic E-state index is 14.2. The number of methoxy groups -OCH3 is 1. The molecule has 1 aromatic heterocycles. The molecule has 4 aliphatic rings. The molecule has 3 fully saturated rings. The molecular formula is C17H19FN4O3S. The Morgan fingerprint density at radius 2 is 2.50 bits per heavy atom. The van der Waals surface area contributed by atoms with Gasteiger partial charge >= 0.3 is 5.97 Å². The number of halogens is 1. The van der Waals surface area contributed by atoms with Gasteiger partial charge in [-0.1, -0.05) is 0 Å². The average molecular weight is 378 g/mol. The summed E-state index contributed by atoms with van der Waals surface area (Å²) >= 11 is 1.48. The molecule has 1 N–H and O–H groups in total. The van der Waals surface area contributed by atoms with Crippen LogP contribution in [0.5, 0.6) is 0 Å². The minimum Gasteiger partial charge on any atom is -0.466 e. The van der Waals surface area contributed by atoms with Gasteiger partial charge in [-0.2, -0.15) is 0 Å². The first-order valence-electron chi connectivity index (χ1n) is 8.63. The van der Waals surface area contributed by atoms with Crippen LogP contribution in [0.1, 0.15) is 11.4 Å². The molecule has 1 spiro atoms.